The molecule has 0 fully saturated rings. The number of urea groups is 1. The third-order valence-corrected chi connectivity index (χ3v) is 1.47. The number of amides is 2. The van der Waals surface area contributed by atoms with Gasteiger partial charge in [-0.05, 0) is 17.7 Å². The molecule has 0 aliphatic carbocycles. The zero-order valence-corrected chi connectivity index (χ0v) is 6.75. The van der Waals surface area contributed by atoms with Crippen LogP contribution in [-0.2, 0) is 6.54 Å². The molecular weight excluding hydrogens is 175 g/mol. The largest absolute Gasteiger partial charge is 0.338 e. The molecule has 0 saturated carbocycles. The highest BCUT2D eigenvalue weighted by Crippen LogP contribution is 2.01. The summed E-state index contributed by atoms with van der Waals surface area (Å²) in [4.78, 5) is 10.5. The monoisotopic (exact) mass is 184 g/mol. The summed E-state index contributed by atoms with van der Waals surface area (Å²) in [5, 5.41) is 10.5. The number of carbonyl (C=O) groups is 1. The van der Waals surface area contributed by atoms with Gasteiger partial charge in [-0.3, -0.25) is 5.21 Å². The summed E-state index contributed by atoms with van der Waals surface area (Å²) >= 11 is 0. The molecule has 4 nitrogen and oxygen atoms in total. The van der Waals surface area contributed by atoms with Crippen molar-refractivity contribution in [3.63, 3.8) is 0 Å². The Labute approximate surface area is 74.3 Å². The van der Waals surface area contributed by atoms with E-state index < -0.39 is 6.03 Å². The smallest absolute Gasteiger partial charge is 0.332 e. The lowest BCUT2D eigenvalue weighted by Gasteiger charge is -2.02. The van der Waals surface area contributed by atoms with Crippen LogP contribution in [-0.4, -0.2) is 11.2 Å². The van der Waals surface area contributed by atoms with Crippen molar-refractivity contribution in [2.75, 3.05) is 0 Å². The van der Waals surface area contributed by atoms with Gasteiger partial charge in [0.05, 0.1) is 0 Å². The van der Waals surface area contributed by atoms with Gasteiger partial charge in [-0.25, -0.2) is 14.7 Å². The minimum absolute atomic E-state index is 0.243. The minimum atomic E-state index is -0.690. The molecule has 0 radical (unpaired) electrons. The second-order valence-electron chi connectivity index (χ2n) is 2.42. The summed E-state index contributed by atoms with van der Waals surface area (Å²) in [7, 11) is 0. The van der Waals surface area contributed by atoms with Crippen molar-refractivity contribution in [1.82, 2.24) is 10.8 Å². The Kier molecular flexibility index (Phi) is 3.22. The van der Waals surface area contributed by atoms with Gasteiger partial charge >= 0.3 is 6.03 Å². The summed E-state index contributed by atoms with van der Waals surface area (Å²) in [5.74, 6) is -0.324. The van der Waals surface area contributed by atoms with E-state index in [2.05, 4.69) is 5.32 Å². The van der Waals surface area contributed by atoms with Crippen molar-refractivity contribution < 1.29 is 14.4 Å². The van der Waals surface area contributed by atoms with Crippen molar-refractivity contribution in [1.29, 1.82) is 0 Å². The fourth-order valence-corrected chi connectivity index (χ4v) is 0.824. The molecule has 0 atom stereocenters. The van der Waals surface area contributed by atoms with Gasteiger partial charge < -0.3 is 5.32 Å². The van der Waals surface area contributed by atoms with Crippen molar-refractivity contribution in [2.45, 2.75) is 6.54 Å². The van der Waals surface area contributed by atoms with Crippen LogP contribution in [0.5, 0.6) is 0 Å². The van der Waals surface area contributed by atoms with E-state index in [1.807, 2.05) is 0 Å². The van der Waals surface area contributed by atoms with Gasteiger partial charge in [-0.1, -0.05) is 12.1 Å². The Morgan fingerprint density at radius 1 is 1.38 bits per heavy atom. The maximum atomic E-state index is 12.4. The first-order valence-electron chi connectivity index (χ1n) is 3.65. The molecule has 70 valence electrons. The first kappa shape index (κ1) is 9.47. The molecule has 1 rings (SSSR count). The number of rotatable bonds is 2. The Balaban J connectivity index is 2.46. The normalized spacial score (nSPS) is 9.38. The van der Waals surface area contributed by atoms with Gasteiger partial charge in [0.15, 0.2) is 0 Å². The molecule has 2 amide bonds. The number of benzene rings is 1. The summed E-state index contributed by atoms with van der Waals surface area (Å²) in [6, 6.07) is 5.01. The van der Waals surface area contributed by atoms with Gasteiger partial charge in [-0.2, -0.15) is 0 Å². The molecule has 0 aliphatic rings. The SMILES string of the molecule is O=C(NO)NCc1ccc(F)cc1. The van der Waals surface area contributed by atoms with Crippen molar-refractivity contribution in [3.05, 3.63) is 35.6 Å². The molecule has 0 bridgehead atoms. The third-order valence-electron chi connectivity index (χ3n) is 1.47. The lowest BCUT2D eigenvalue weighted by Crippen LogP contribution is -2.32. The summed E-state index contributed by atoms with van der Waals surface area (Å²) in [6.07, 6.45) is 0. The molecule has 0 unspecified atom stereocenters. The predicted molar refractivity (Wildman–Crippen MR) is 43.6 cm³/mol. The standard InChI is InChI=1S/C8H9FN2O2/c9-7-3-1-6(2-4-7)5-10-8(12)11-13/h1-4,13H,5H2,(H2,10,11,12). The van der Waals surface area contributed by atoms with E-state index in [4.69, 9.17) is 5.21 Å². The first-order chi connectivity index (χ1) is 6.22. The minimum Gasteiger partial charge on any atom is -0.332 e. The van der Waals surface area contributed by atoms with Crippen LogP contribution in [0.4, 0.5) is 9.18 Å². The molecule has 1 aromatic carbocycles. The fourth-order valence-electron chi connectivity index (χ4n) is 0.824. The molecule has 0 aromatic heterocycles. The molecule has 0 spiro atoms. The highest BCUT2D eigenvalue weighted by Gasteiger charge is 1.97. The fraction of sp³-hybridized carbons (Fsp3) is 0.125. The maximum absolute atomic E-state index is 12.4. The van der Waals surface area contributed by atoms with E-state index in [-0.39, 0.29) is 12.4 Å². The van der Waals surface area contributed by atoms with Gasteiger partial charge in [-0.15, -0.1) is 0 Å². The number of hydroxylamine groups is 1. The van der Waals surface area contributed by atoms with Crippen LogP contribution in [0, 0.1) is 5.82 Å². The van der Waals surface area contributed by atoms with Crippen molar-refractivity contribution in [3.8, 4) is 0 Å². The van der Waals surface area contributed by atoms with E-state index in [1.165, 1.54) is 17.6 Å². The zero-order valence-electron chi connectivity index (χ0n) is 6.75. The number of hydrogen-bond acceptors (Lipinski definition) is 2. The molecular formula is C8H9FN2O2. The van der Waals surface area contributed by atoms with Crippen LogP contribution >= 0.6 is 0 Å². The topological polar surface area (TPSA) is 61.4 Å². The molecule has 3 N–H and O–H groups in total. The molecule has 0 saturated heterocycles. The van der Waals surface area contributed by atoms with Crippen LogP contribution in [0.15, 0.2) is 24.3 Å². The Morgan fingerprint density at radius 3 is 2.54 bits per heavy atom. The Bertz CT molecular complexity index is 287. The summed E-state index contributed by atoms with van der Waals surface area (Å²) in [5.41, 5.74) is 2.18. The zero-order chi connectivity index (χ0) is 9.68. The quantitative estimate of drug-likeness (QED) is 0.474. The van der Waals surface area contributed by atoms with E-state index in [0.717, 1.165) is 5.56 Å². The Hall–Kier alpha value is -1.62. The lowest BCUT2D eigenvalue weighted by atomic mass is 10.2. The third kappa shape index (κ3) is 3.08. The highest BCUT2D eigenvalue weighted by molar-refractivity contribution is 5.72. The van der Waals surface area contributed by atoms with E-state index >= 15 is 0 Å². The molecule has 13 heavy (non-hydrogen) atoms. The van der Waals surface area contributed by atoms with E-state index in [0.29, 0.717) is 0 Å². The van der Waals surface area contributed by atoms with Crippen LogP contribution < -0.4 is 10.8 Å². The van der Waals surface area contributed by atoms with Crippen LogP contribution in [0.25, 0.3) is 0 Å². The van der Waals surface area contributed by atoms with Crippen LogP contribution in [0.1, 0.15) is 5.56 Å². The molecule has 5 heteroatoms. The summed E-state index contributed by atoms with van der Waals surface area (Å²) in [6.45, 7) is 0.243. The predicted octanol–water partition coefficient (Wildman–Crippen LogP) is 1.01. The average molecular weight is 184 g/mol. The number of carbonyl (C=O) groups excluding carboxylic acids is 1. The van der Waals surface area contributed by atoms with Crippen LogP contribution in [0.2, 0.25) is 0 Å². The van der Waals surface area contributed by atoms with Gasteiger partial charge in [0.1, 0.15) is 5.82 Å². The number of hydrogen-bond donors (Lipinski definition) is 3. The number of nitrogens with one attached hydrogen (secondary N) is 2. The second-order valence-corrected chi connectivity index (χ2v) is 2.42. The summed E-state index contributed by atoms with van der Waals surface area (Å²) < 4.78 is 12.4. The average Bonchev–Trinajstić information content (AvgIpc) is 2.16. The Morgan fingerprint density at radius 2 is 2.00 bits per heavy atom. The highest BCUT2D eigenvalue weighted by atomic mass is 19.1. The second kappa shape index (κ2) is 4.42. The van der Waals surface area contributed by atoms with Crippen molar-refractivity contribution >= 4 is 6.03 Å². The van der Waals surface area contributed by atoms with E-state index in [9.17, 15) is 9.18 Å². The molecule has 1 aromatic rings. The van der Waals surface area contributed by atoms with E-state index in [1.54, 1.807) is 12.1 Å². The van der Waals surface area contributed by atoms with Crippen LogP contribution in [0.3, 0.4) is 0 Å². The van der Waals surface area contributed by atoms with Gasteiger partial charge in [0.25, 0.3) is 0 Å². The maximum Gasteiger partial charge on any atom is 0.338 e. The lowest BCUT2D eigenvalue weighted by molar-refractivity contribution is 0.161. The van der Waals surface area contributed by atoms with Crippen molar-refractivity contribution in [2.24, 2.45) is 0 Å². The number of halogens is 1. The molecule has 0 heterocycles. The van der Waals surface area contributed by atoms with Gasteiger partial charge in [0.2, 0.25) is 0 Å². The molecule has 0 aliphatic heterocycles. The van der Waals surface area contributed by atoms with Gasteiger partial charge in [0, 0.05) is 6.54 Å². The first-order valence-corrected chi connectivity index (χ1v) is 3.65.